The van der Waals surface area contributed by atoms with Crippen molar-refractivity contribution >= 4 is 46.6 Å². The van der Waals surface area contributed by atoms with E-state index >= 15 is 0 Å². The fraction of sp³-hybridized carbons (Fsp3) is 0.405. The van der Waals surface area contributed by atoms with Crippen molar-refractivity contribution in [1.29, 1.82) is 0 Å². The number of hydrogen-bond acceptors (Lipinski definition) is 9. The van der Waals surface area contributed by atoms with Gasteiger partial charge in [0.05, 0.1) is 52.4 Å². The van der Waals surface area contributed by atoms with Crippen LogP contribution >= 0.6 is 23.2 Å². The number of aromatic nitrogens is 4. The molecule has 0 unspecified atom stereocenters. The van der Waals surface area contributed by atoms with Crippen LogP contribution < -0.4 is 20.7 Å². The third-order valence-electron chi connectivity index (χ3n) is 10.1. The van der Waals surface area contributed by atoms with Gasteiger partial charge in [-0.25, -0.2) is 9.97 Å². The number of pyridine rings is 2. The first-order chi connectivity index (χ1) is 25.1. The Hall–Kier alpha value is -4.56. The minimum absolute atomic E-state index is 0.00261. The predicted molar refractivity (Wildman–Crippen MR) is 198 cm³/mol. The van der Waals surface area contributed by atoms with Gasteiger partial charge in [-0.2, -0.15) is 0 Å². The Morgan fingerprint density at radius 1 is 1.02 bits per heavy atom. The molecule has 0 spiro atoms. The summed E-state index contributed by atoms with van der Waals surface area (Å²) in [6.45, 7) is 3.84. The average Bonchev–Trinajstić information content (AvgIpc) is 3.87. The summed E-state index contributed by atoms with van der Waals surface area (Å²) in [6, 6.07) is 11.0. The number of nitrogens with zero attached hydrogens (tertiary/aromatic N) is 6. The zero-order valence-electron chi connectivity index (χ0n) is 29.3. The number of amides is 3. The number of fused-ring (bicyclic) bond motifs is 1. The Kier molecular flexibility index (Phi) is 10.5. The first kappa shape index (κ1) is 35.8. The van der Waals surface area contributed by atoms with Crippen LogP contribution in [0.4, 0.5) is 5.69 Å². The number of carbonyl (C=O) groups is 3. The molecule has 3 aromatic heterocycles. The summed E-state index contributed by atoms with van der Waals surface area (Å²) in [4.78, 5) is 56.4. The summed E-state index contributed by atoms with van der Waals surface area (Å²) in [5, 5.41) is 9.86. The number of imidazole rings is 1. The molecule has 7 rings (SSSR count). The van der Waals surface area contributed by atoms with E-state index in [-0.39, 0.29) is 34.6 Å². The third-order valence-corrected chi connectivity index (χ3v) is 10.9. The molecule has 0 radical (unpaired) electrons. The van der Waals surface area contributed by atoms with E-state index in [1.807, 2.05) is 31.1 Å². The molecule has 3 amide bonds. The van der Waals surface area contributed by atoms with Crippen LogP contribution in [0.5, 0.6) is 5.88 Å². The van der Waals surface area contributed by atoms with E-state index in [1.165, 1.54) is 0 Å². The Morgan fingerprint density at radius 3 is 2.62 bits per heavy atom. The van der Waals surface area contributed by atoms with Crippen molar-refractivity contribution in [2.45, 2.75) is 44.8 Å². The van der Waals surface area contributed by atoms with Crippen molar-refractivity contribution in [3.63, 3.8) is 0 Å². The van der Waals surface area contributed by atoms with Crippen LogP contribution in [-0.2, 0) is 36.1 Å². The highest BCUT2D eigenvalue weighted by Crippen LogP contribution is 2.40. The first-order valence-corrected chi connectivity index (χ1v) is 18.2. The standard InChI is InChI=1S/C37H41Cl2N9O4/c1-46-15-12-22(19-46)37(51)48-16-13-29-28(20-48)43-34(47(29)2)35(50)44-27-6-4-5-25(31(27)38)33-32(39)24(11-14-41-33)26-9-7-21(36(45-26)52-3)17-40-18-23-8-10-30(49)42-23/h4-7,9,11,14,22-23,40H,8,10,12-13,15-20H2,1-3H3,(H,42,49)(H,44,50)/t22-,23+/m0/s1. The summed E-state index contributed by atoms with van der Waals surface area (Å²) < 4.78 is 7.42. The summed E-state index contributed by atoms with van der Waals surface area (Å²) in [6.07, 6.45) is 4.49. The van der Waals surface area contributed by atoms with Gasteiger partial charge in [-0.05, 0) is 44.6 Å². The molecule has 1 aromatic carbocycles. The maximum absolute atomic E-state index is 13.6. The second kappa shape index (κ2) is 15.2. The maximum Gasteiger partial charge on any atom is 0.291 e. The molecular weight excluding hydrogens is 705 g/mol. The SMILES string of the molecule is COc1nc(-c2ccnc(-c3cccc(NC(=O)c4nc5c(n4C)CCN(C(=O)[C@H]4CCN(C)C4)C5)c3Cl)c2Cl)ccc1CNC[C@H]1CCC(=O)N1. The summed E-state index contributed by atoms with van der Waals surface area (Å²) >= 11 is 13.9. The molecular formula is C37H41Cl2N9O4. The molecule has 0 bridgehead atoms. The maximum atomic E-state index is 13.6. The molecule has 3 aliphatic heterocycles. The van der Waals surface area contributed by atoms with E-state index in [4.69, 9.17) is 32.9 Å². The van der Waals surface area contributed by atoms with E-state index in [0.717, 1.165) is 42.9 Å². The summed E-state index contributed by atoms with van der Waals surface area (Å²) in [5.74, 6) is 0.511. The number of likely N-dealkylation sites (tertiary alicyclic amines) is 1. The molecule has 2 atom stereocenters. The molecule has 52 heavy (non-hydrogen) atoms. The Morgan fingerprint density at radius 2 is 1.87 bits per heavy atom. The van der Waals surface area contributed by atoms with Gasteiger partial charge < -0.3 is 35.1 Å². The van der Waals surface area contributed by atoms with Gasteiger partial charge >= 0.3 is 0 Å². The van der Waals surface area contributed by atoms with Crippen LogP contribution in [0.15, 0.2) is 42.6 Å². The van der Waals surface area contributed by atoms with Gasteiger partial charge in [-0.15, -0.1) is 0 Å². The Labute approximate surface area is 312 Å². The van der Waals surface area contributed by atoms with Gasteiger partial charge in [0.1, 0.15) is 0 Å². The minimum atomic E-state index is -0.419. The van der Waals surface area contributed by atoms with Gasteiger partial charge in [-0.3, -0.25) is 19.4 Å². The molecule has 13 nitrogen and oxygen atoms in total. The van der Waals surface area contributed by atoms with Gasteiger partial charge in [0.2, 0.25) is 17.7 Å². The third kappa shape index (κ3) is 7.23. The molecule has 272 valence electrons. The van der Waals surface area contributed by atoms with Crippen molar-refractivity contribution < 1.29 is 19.1 Å². The largest absolute Gasteiger partial charge is 0.481 e. The molecule has 3 N–H and O–H groups in total. The lowest BCUT2D eigenvalue weighted by atomic mass is 10.0. The number of carbonyl (C=O) groups excluding carboxylic acids is 3. The topological polar surface area (TPSA) is 147 Å². The molecule has 6 heterocycles. The lowest BCUT2D eigenvalue weighted by Crippen LogP contribution is -2.40. The number of hydrogen-bond donors (Lipinski definition) is 3. The van der Waals surface area contributed by atoms with Crippen molar-refractivity contribution in [3.05, 3.63) is 75.4 Å². The molecule has 0 saturated carbocycles. The number of halogens is 2. The molecule has 3 aliphatic rings. The van der Waals surface area contributed by atoms with E-state index in [0.29, 0.717) is 78.1 Å². The van der Waals surface area contributed by atoms with E-state index < -0.39 is 5.91 Å². The number of methoxy groups -OCH3 is 1. The zero-order chi connectivity index (χ0) is 36.5. The monoisotopic (exact) mass is 745 g/mol. The Bertz CT molecular complexity index is 2040. The highest BCUT2D eigenvalue weighted by Gasteiger charge is 2.34. The summed E-state index contributed by atoms with van der Waals surface area (Å²) in [5.41, 5.74) is 5.11. The Balaban J connectivity index is 1.07. The zero-order valence-corrected chi connectivity index (χ0v) is 30.9. The van der Waals surface area contributed by atoms with Gasteiger partial charge in [-0.1, -0.05) is 41.4 Å². The van der Waals surface area contributed by atoms with E-state index in [2.05, 4.69) is 30.8 Å². The quantitative estimate of drug-likeness (QED) is 0.216. The molecule has 4 aromatic rings. The second-order valence-corrected chi connectivity index (χ2v) is 14.3. The number of benzene rings is 1. The fourth-order valence-corrected chi connectivity index (χ4v) is 7.85. The first-order valence-electron chi connectivity index (χ1n) is 17.4. The molecule has 2 fully saturated rings. The number of ether oxygens (including phenoxy) is 1. The second-order valence-electron chi connectivity index (χ2n) is 13.6. The smallest absolute Gasteiger partial charge is 0.291 e. The van der Waals surface area contributed by atoms with Gasteiger partial charge in [0.25, 0.3) is 5.91 Å². The van der Waals surface area contributed by atoms with Crippen LogP contribution in [0.2, 0.25) is 10.0 Å². The van der Waals surface area contributed by atoms with Gasteiger partial charge in [0.15, 0.2) is 5.82 Å². The van der Waals surface area contributed by atoms with Crippen LogP contribution in [-0.4, -0.2) is 93.4 Å². The summed E-state index contributed by atoms with van der Waals surface area (Å²) in [7, 11) is 5.42. The van der Waals surface area contributed by atoms with E-state index in [1.54, 1.807) is 42.1 Å². The molecule has 0 aliphatic carbocycles. The van der Waals surface area contributed by atoms with Crippen LogP contribution in [0.25, 0.3) is 22.5 Å². The predicted octanol–water partition coefficient (Wildman–Crippen LogP) is 4.32. The lowest BCUT2D eigenvalue weighted by Gasteiger charge is -2.29. The fourth-order valence-electron chi connectivity index (χ4n) is 7.28. The molecule has 2 saturated heterocycles. The van der Waals surface area contributed by atoms with Crippen LogP contribution in [0.3, 0.4) is 0 Å². The molecule has 15 heteroatoms. The normalized spacial score (nSPS) is 18.7. The number of anilines is 1. The van der Waals surface area contributed by atoms with Crippen molar-refractivity contribution in [2.75, 3.05) is 45.7 Å². The van der Waals surface area contributed by atoms with E-state index in [9.17, 15) is 14.4 Å². The van der Waals surface area contributed by atoms with Crippen LogP contribution in [0.1, 0.15) is 46.8 Å². The minimum Gasteiger partial charge on any atom is -0.481 e. The van der Waals surface area contributed by atoms with Crippen molar-refractivity contribution in [3.8, 4) is 28.4 Å². The average molecular weight is 747 g/mol. The van der Waals surface area contributed by atoms with Gasteiger partial charge in [0, 0.05) is 80.7 Å². The highest BCUT2D eigenvalue weighted by atomic mass is 35.5. The number of nitrogens with one attached hydrogen (secondary N) is 3. The number of rotatable bonds is 10. The lowest BCUT2D eigenvalue weighted by molar-refractivity contribution is -0.136. The van der Waals surface area contributed by atoms with Crippen molar-refractivity contribution in [1.82, 2.24) is 40.0 Å². The highest BCUT2D eigenvalue weighted by molar-refractivity contribution is 6.39. The van der Waals surface area contributed by atoms with Crippen LogP contribution in [0, 0.1) is 5.92 Å². The van der Waals surface area contributed by atoms with Crippen molar-refractivity contribution in [2.24, 2.45) is 13.0 Å².